The number of hydrogen-bond acceptors (Lipinski definition) is 7. The number of nitrogens with one attached hydrogen (secondary N) is 2. The van der Waals surface area contributed by atoms with Crippen molar-refractivity contribution in [3.05, 3.63) is 24.8 Å². The molecule has 0 spiro atoms. The van der Waals surface area contributed by atoms with Crippen LogP contribution in [0.4, 0.5) is 23.1 Å². The molecule has 2 saturated carbocycles. The van der Waals surface area contributed by atoms with Crippen LogP contribution in [0.25, 0.3) is 11.2 Å². The predicted molar refractivity (Wildman–Crippen MR) is 129 cm³/mol. The Balaban J connectivity index is 1.48. The van der Waals surface area contributed by atoms with E-state index in [4.69, 9.17) is 10.7 Å². The Hall–Kier alpha value is -2.90. The number of hydrogen-bond donors (Lipinski definition) is 3. The molecule has 8 nitrogen and oxygen atoms in total. The summed E-state index contributed by atoms with van der Waals surface area (Å²) in [6.07, 6.45) is 16.7. The summed E-state index contributed by atoms with van der Waals surface area (Å²) < 4.78 is 1.97. The number of pyridine rings is 1. The Labute approximate surface area is 189 Å². The first-order valence-electron chi connectivity index (χ1n) is 12.1. The smallest absolute Gasteiger partial charge is 0.164 e. The molecule has 2 aliphatic rings. The number of nitrogen functional groups attached to an aromatic ring is 1. The molecule has 2 aliphatic carbocycles. The molecular formula is C24H34N8. The van der Waals surface area contributed by atoms with E-state index in [1.54, 1.807) is 12.4 Å². The number of anilines is 4. The van der Waals surface area contributed by atoms with Gasteiger partial charge in [0.2, 0.25) is 0 Å². The molecule has 3 aromatic rings. The Kier molecular flexibility index (Phi) is 6.10. The second-order valence-electron chi connectivity index (χ2n) is 9.50. The van der Waals surface area contributed by atoms with Crippen LogP contribution < -0.4 is 16.4 Å². The minimum Gasteiger partial charge on any atom is -0.384 e. The van der Waals surface area contributed by atoms with Crippen LogP contribution in [0.2, 0.25) is 0 Å². The van der Waals surface area contributed by atoms with E-state index in [2.05, 4.69) is 31.7 Å². The number of nitrogens with zero attached hydrogens (tertiary/aromatic N) is 5. The molecule has 0 atom stereocenters. The standard InChI is InChI=1S/C24H34N8/c1-32-15-28-23-18(29-20-13-19(25)26-14-27-20)12-21(31-24(23)32)30-22(16-8-4-2-5-9-16)17-10-6-3-7-11-17/h12-17,22H,2-11H2,1H3,(H4,25,26,27,29,30,31). The average molecular weight is 435 g/mol. The lowest BCUT2D eigenvalue weighted by molar-refractivity contribution is 0.218. The first-order valence-corrected chi connectivity index (χ1v) is 12.1. The normalized spacial score (nSPS) is 18.3. The molecule has 4 N–H and O–H groups in total. The van der Waals surface area contributed by atoms with Gasteiger partial charge in [-0.2, -0.15) is 0 Å². The van der Waals surface area contributed by atoms with Gasteiger partial charge in [-0.15, -0.1) is 0 Å². The molecule has 0 unspecified atom stereocenters. The first kappa shape index (κ1) is 21.0. The van der Waals surface area contributed by atoms with Gasteiger partial charge in [-0.3, -0.25) is 0 Å². The number of imidazole rings is 1. The maximum absolute atomic E-state index is 5.85. The molecule has 32 heavy (non-hydrogen) atoms. The number of fused-ring (bicyclic) bond motifs is 1. The van der Waals surface area contributed by atoms with Crippen LogP contribution in [0, 0.1) is 11.8 Å². The second-order valence-corrected chi connectivity index (χ2v) is 9.50. The van der Waals surface area contributed by atoms with Crippen molar-refractivity contribution in [2.75, 3.05) is 16.4 Å². The van der Waals surface area contributed by atoms with Gasteiger partial charge < -0.3 is 20.9 Å². The van der Waals surface area contributed by atoms with E-state index in [9.17, 15) is 0 Å². The first-order chi connectivity index (χ1) is 15.7. The van der Waals surface area contributed by atoms with Crippen molar-refractivity contribution < 1.29 is 0 Å². The van der Waals surface area contributed by atoms with Gasteiger partial charge in [0.25, 0.3) is 0 Å². The summed E-state index contributed by atoms with van der Waals surface area (Å²) >= 11 is 0. The predicted octanol–water partition coefficient (Wildman–Crippen LogP) is 5.03. The van der Waals surface area contributed by atoms with Crippen LogP contribution in [0.5, 0.6) is 0 Å². The molecule has 0 aromatic carbocycles. The topological polar surface area (TPSA) is 107 Å². The number of rotatable bonds is 6. The van der Waals surface area contributed by atoms with Crippen LogP contribution in [-0.4, -0.2) is 30.5 Å². The van der Waals surface area contributed by atoms with Gasteiger partial charge in [-0.05, 0) is 37.5 Å². The highest BCUT2D eigenvalue weighted by Gasteiger charge is 2.32. The summed E-state index contributed by atoms with van der Waals surface area (Å²) in [5.41, 5.74) is 8.41. The number of aryl methyl sites for hydroxylation is 1. The molecule has 8 heteroatoms. The SMILES string of the molecule is Cn1cnc2c(Nc3cc(N)ncn3)cc(NC(C3CCCCC3)C3CCCCC3)nc21. The van der Waals surface area contributed by atoms with E-state index in [0.29, 0.717) is 17.7 Å². The Morgan fingerprint density at radius 3 is 2.25 bits per heavy atom. The van der Waals surface area contributed by atoms with Crippen molar-refractivity contribution in [2.24, 2.45) is 18.9 Å². The van der Waals surface area contributed by atoms with Crippen LogP contribution in [-0.2, 0) is 7.05 Å². The van der Waals surface area contributed by atoms with E-state index in [1.165, 1.54) is 70.5 Å². The Bertz CT molecular complexity index is 1030. The quantitative estimate of drug-likeness (QED) is 0.500. The van der Waals surface area contributed by atoms with E-state index in [0.717, 1.165) is 34.5 Å². The second kappa shape index (κ2) is 9.30. The highest BCUT2D eigenvalue weighted by Crippen LogP contribution is 2.38. The third-order valence-electron chi connectivity index (χ3n) is 7.25. The number of nitrogens with two attached hydrogens (primary N) is 1. The number of aromatic nitrogens is 5. The lowest BCUT2D eigenvalue weighted by Crippen LogP contribution is -2.39. The van der Waals surface area contributed by atoms with Gasteiger partial charge in [0.1, 0.15) is 29.3 Å². The average Bonchev–Trinajstić information content (AvgIpc) is 3.20. The molecule has 3 heterocycles. The third kappa shape index (κ3) is 4.49. The van der Waals surface area contributed by atoms with Crippen LogP contribution >= 0.6 is 0 Å². The van der Waals surface area contributed by atoms with Gasteiger partial charge >= 0.3 is 0 Å². The van der Waals surface area contributed by atoms with Gasteiger partial charge in [0.15, 0.2) is 5.65 Å². The molecule has 5 rings (SSSR count). The molecule has 0 bridgehead atoms. The fourth-order valence-corrected chi connectivity index (χ4v) is 5.62. The monoisotopic (exact) mass is 434 g/mol. The summed E-state index contributed by atoms with van der Waals surface area (Å²) in [5, 5.41) is 7.30. The summed E-state index contributed by atoms with van der Waals surface area (Å²) in [4.78, 5) is 17.8. The van der Waals surface area contributed by atoms with Crippen molar-refractivity contribution in [1.29, 1.82) is 0 Å². The fourth-order valence-electron chi connectivity index (χ4n) is 5.62. The van der Waals surface area contributed by atoms with Crippen LogP contribution in [0.1, 0.15) is 64.2 Å². The molecular weight excluding hydrogens is 400 g/mol. The lowest BCUT2D eigenvalue weighted by Gasteiger charge is -2.38. The summed E-state index contributed by atoms with van der Waals surface area (Å²) in [6, 6.07) is 4.29. The van der Waals surface area contributed by atoms with Crippen molar-refractivity contribution in [1.82, 2.24) is 24.5 Å². The molecule has 0 amide bonds. The van der Waals surface area contributed by atoms with Gasteiger partial charge in [-0.1, -0.05) is 38.5 Å². The summed E-state index contributed by atoms with van der Waals surface area (Å²) in [5.74, 6) is 3.45. The van der Waals surface area contributed by atoms with Gasteiger partial charge in [0.05, 0.1) is 12.0 Å². The zero-order valence-electron chi connectivity index (χ0n) is 18.9. The summed E-state index contributed by atoms with van der Waals surface area (Å²) in [7, 11) is 1.98. The Morgan fingerprint density at radius 2 is 1.59 bits per heavy atom. The molecule has 170 valence electrons. The highest BCUT2D eigenvalue weighted by molar-refractivity contribution is 5.89. The third-order valence-corrected chi connectivity index (χ3v) is 7.25. The van der Waals surface area contributed by atoms with E-state index in [-0.39, 0.29) is 0 Å². The van der Waals surface area contributed by atoms with Crippen molar-refractivity contribution in [3.63, 3.8) is 0 Å². The fraction of sp³-hybridized carbons (Fsp3) is 0.583. The molecule has 0 aliphatic heterocycles. The maximum atomic E-state index is 5.85. The minimum absolute atomic E-state index is 0.432. The zero-order chi connectivity index (χ0) is 21.9. The largest absolute Gasteiger partial charge is 0.384 e. The van der Waals surface area contributed by atoms with Gasteiger partial charge in [-0.25, -0.2) is 19.9 Å². The van der Waals surface area contributed by atoms with Crippen molar-refractivity contribution in [2.45, 2.75) is 70.3 Å². The lowest BCUT2D eigenvalue weighted by atomic mass is 9.74. The minimum atomic E-state index is 0.432. The summed E-state index contributed by atoms with van der Waals surface area (Å²) in [6.45, 7) is 0. The van der Waals surface area contributed by atoms with E-state index >= 15 is 0 Å². The van der Waals surface area contributed by atoms with E-state index < -0.39 is 0 Å². The van der Waals surface area contributed by atoms with E-state index in [1.807, 2.05) is 11.6 Å². The van der Waals surface area contributed by atoms with Crippen LogP contribution in [0.15, 0.2) is 24.8 Å². The Morgan fingerprint density at radius 1 is 0.906 bits per heavy atom. The maximum Gasteiger partial charge on any atom is 0.164 e. The van der Waals surface area contributed by atoms with Crippen molar-refractivity contribution >= 4 is 34.3 Å². The molecule has 3 aromatic heterocycles. The van der Waals surface area contributed by atoms with Gasteiger partial charge in [0, 0.05) is 25.2 Å². The molecule has 0 saturated heterocycles. The van der Waals surface area contributed by atoms with Crippen molar-refractivity contribution in [3.8, 4) is 0 Å². The zero-order valence-corrected chi connectivity index (χ0v) is 18.9. The molecule has 0 radical (unpaired) electrons. The van der Waals surface area contributed by atoms with Crippen LogP contribution in [0.3, 0.4) is 0 Å². The highest BCUT2D eigenvalue weighted by atomic mass is 15.1. The molecule has 2 fully saturated rings.